The minimum atomic E-state index is 0.360. The van der Waals surface area contributed by atoms with E-state index in [1.54, 1.807) is 0 Å². The Morgan fingerprint density at radius 1 is 0.280 bits per heavy atom. The van der Waals surface area contributed by atoms with Gasteiger partial charge in [-0.25, -0.2) is 0 Å². The van der Waals surface area contributed by atoms with Gasteiger partial charge in [-0.15, -0.1) is 0 Å². The fourth-order valence-corrected chi connectivity index (χ4v) is 12.9. The van der Waals surface area contributed by atoms with E-state index in [4.69, 9.17) is 0 Å². The number of hydrogen-bond donors (Lipinski definition) is 1. The second kappa shape index (κ2) is 21.1. The molecular weight excluding hydrogens is 995 g/mol. The third-order valence-corrected chi connectivity index (χ3v) is 16.8. The van der Waals surface area contributed by atoms with Gasteiger partial charge >= 0.3 is 0 Å². The first kappa shape index (κ1) is 48.9. The van der Waals surface area contributed by atoms with Crippen molar-refractivity contribution in [1.29, 1.82) is 0 Å². The van der Waals surface area contributed by atoms with Crippen LogP contribution in [-0.4, -0.2) is 15.7 Å². The first-order valence-corrected chi connectivity index (χ1v) is 28.7. The van der Waals surface area contributed by atoms with Crippen molar-refractivity contribution >= 4 is 77.7 Å². The Bertz CT molecular complexity index is 4200. The lowest BCUT2D eigenvalue weighted by Gasteiger charge is -2.31. The number of hydrogen-bond acceptors (Lipinski definition) is 3. The lowest BCUT2D eigenvalue weighted by Crippen LogP contribution is -2.32. The van der Waals surface area contributed by atoms with Gasteiger partial charge in [0.25, 0.3) is 0 Å². The molecule has 0 bridgehead atoms. The van der Waals surface area contributed by atoms with Crippen molar-refractivity contribution in [3.8, 4) is 33.6 Å². The fourth-order valence-electron chi connectivity index (χ4n) is 12.9. The van der Waals surface area contributed by atoms with E-state index < -0.39 is 0 Å². The van der Waals surface area contributed by atoms with Crippen LogP contribution < -0.4 is 15.1 Å². The van der Waals surface area contributed by atoms with Crippen LogP contribution in [0.1, 0.15) is 35.9 Å². The highest BCUT2D eigenvalue weighted by Crippen LogP contribution is 2.43. The van der Waals surface area contributed by atoms with Crippen molar-refractivity contribution in [2.75, 3.05) is 16.3 Å². The Hall–Kier alpha value is -10.2. The number of benzene rings is 12. The molecule has 5 nitrogen and oxygen atoms in total. The van der Waals surface area contributed by atoms with Gasteiger partial charge in [-0.2, -0.15) is 0 Å². The molecule has 0 saturated carbocycles. The van der Waals surface area contributed by atoms with Crippen molar-refractivity contribution in [3.63, 3.8) is 0 Å². The third-order valence-electron chi connectivity index (χ3n) is 16.8. The van der Waals surface area contributed by atoms with Gasteiger partial charge in [0.2, 0.25) is 0 Å². The van der Waals surface area contributed by atoms with Gasteiger partial charge in [-0.05, 0) is 180 Å². The van der Waals surface area contributed by atoms with Crippen LogP contribution in [-0.2, 0) is 0 Å². The van der Waals surface area contributed by atoms with Crippen LogP contribution in [0.15, 0.2) is 303 Å². The van der Waals surface area contributed by atoms with Crippen molar-refractivity contribution in [3.05, 3.63) is 314 Å². The molecule has 1 saturated heterocycles. The summed E-state index contributed by atoms with van der Waals surface area (Å²) in [4.78, 5) is 4.69. The van der Waals surface area contributed by atoms with E-state index in [0.29, 0.717) is 12.0 Å². The van der Waals surface area contributed by atoms with Gasteiger partial charge in [-0.1, -0.05) is 176 Å². The van der Waals surface area contributed by atoms with Gasteiger partial charge in [0.05, 0.1) is 22.1 Å². The lowest BCUT2D eigenvalue weighted by molar-refractivity contribution is 0.374. The van der Waals surface area contributed by atoms with E-state index in [-0.39, 0.29) is 0 Å². The molecule has 392 valence electrons. The Balaban J connectivity index is 0.792. The number of nitrogens with zero attached hydrogens (tertiary/aromatic N) is 4. The zero-order valence-corrected chi connectivity index (χ0v) is 45.4. The second-order valence-electron chi connectivity index (χ2n) is 21.7. The third kappa shape index (κ3) is 8.98. The average Bonchev–Trinajstić information content (AvgIpc) is 3.89. The monoisotopic (exact) mass is 1050 g/mol. The summed E-state index contributed by atoms with van der Waals surface area (Å²) in [6, 6.07) is 111. The highest BCUT2D eigenvalue weighted by Gasteiger charge is 2.25. The molecule has 2 aromatic heterocycles. The molecule has 5 heteroatoms. The summed E-state index contributed by atoms with van der Waals surface area (Å²) >= 11 is 0. The van der Waals surface area contributed by atoms with Crippen molar-refractivity contribution in [2.45, 2.75) is 24.8 Å². The minimum Gasteiger partial charge on any atom is -0.310 e. The first-order chi connectivity index (χ1) is 40.7. The second-order valence-corrected chi connectivity index (χ2v) is 21.7. The Labute approximate surface area is 478 Å². The van der Waals surface area contributed by atoms with Crippen molar-refractivity contribution < 1.29 is 0 Å². The van der Waals surface area contributed by atoms with E-state index in [2.05, 4.69) is 328 Å². The molecule has 14 aromatic rings. The number of nitrogens with one attached hydrogen (secondary N) is 1. The fraction of sp³-hybridized carbons (Fsp3) is 0.0649. The topological polar surface area (TPSA) is 28.4 Å². The number of rotatable bonds is 12. The molecule has 0 aliphatic carbocycles. The Morgan fingerprint density at radius 2 is 0.659 bits per heavy atom. The van der Waals surface area contributed by atoms with Crippen LogP contribution in [0, 0.1) is 0 Å². The number of anilines is 6. The zero-order chi connectivity index (χ0) is 54.3. The molecule has 1 fully saturated rings. The first-order valence-electron chi connectivity index (χ1n) is 28.7. The predicted molar refractivity (Wildman–Crippen MR) is 345 cm³/mol. The van der Waals surface area contributed by atoms with E-state index in [0.717, 1.165) is 64.9 Å². The quantitative estimate of drug-likeness (QED) is 0.132. The van der Waals surface area contributed by atoms with Crippen LogP contribution in [0.4, 0.5) is 34.1 Å². The molecule has 1 N–H and O–H groups in total. The summed E-state index contributed by atoms with van der Waals surface area (Å²) < 4.78 is 4.85. The maximum Gasteiger partial charge on any atom is 0.0542 e. The highest BCUT2D eigenvalue weighted by atomic mass is 15.1. The predicted octanol–water partition coefficient (Wildman–Crippen LogP) is 20.4. The van der Waals surface area contributed by atoms with Gasteiger partial charge in [0.15, 0.2) is 0 Å². The molecule has 2 unspecified atom stereocenters. The molecule has 2 atom stereocenters. The van der Waals surface area contributed by atoms with Crippen LogP contribution in [0.25, 0.3) is 77.2 Å². The minimum absolute atomic E-state index is 0.360. The summed E-state index contributed by atoms with van der Waals surface area (Å²) in [7, 11) is 0. The number of piperidine rings is 1. The van der Waals surface area contributed by atoms with Gasteiger partial charge < -0.3 is 24.3 Å². The van der Waals surface area contributed by atoms with Crippen LogP contribution >= 0.6 is 0 Å². The molecule has 0 spiro atoms. The highest BCUT2D eigenvalue weighted by molar-refractivity contribution is 6.12. The summed E-state index contributed by atoms with van der Waals surface area (Å²) in [6.45, 7) is 0.925. The molecule has 0 radical (unpaired) electrons. The molecule has 3 heterocycles. The number of para-hydroxylation sites is 6. The molecule has 0 amide bonds. The largest absolute Gasteiger partial charge is 0.310 e. The van der Waals surface area contributed by atoms with E-state index in [1.807, 2.05) is 0 Å². The SMILES string of the molecule is c1ccc(C2CCC(c3cc(-c4ccc(-n5c6ccccc6c6cc(N(c7ccccc7)c7ccccc7)ccc65)cc4)cc(-c4ccc(-n5c6ccccc6c6cc(N(c7ccccc7)c7ccccc7)ccc65)cc4)c3)CN2)cc1. The standard InChI is InChI=1S/C77H59N5/c1-6-20-56(21-7-1)73-45-38-57(53-78-73)60-49-58(54-34-39-65(40-35-54)81-74-32-18-16-30-69(74)71-51-67(43-46-76(71)81)79(61-22-8-2-9-23-61)62-24-10-3-11-25-62)48-59(50-60)55-36-41-66(42-37-55)82-75-33-19-17-31-70(75)72-52-68(44-47-77(72)82)80(63-26-12-4-13-27-63)64-28-14-5-15-29-64/h1-37,39-44,46-52,57,73,78H,38,45,53H2. The van der Waals surface area contributed by atoms with Crippen molar-refractivity contribution in [2.24, 2.45) is 0 Å². The maximum absolute atomic E-state index is 3.95. The lowest BCUT2D eigenvalue weighted by atomic mass is 9.84. The molecule has 1 aliphatic heterocycles. The molecular formula is C77H59N5. The molecule has 1 aliphatic rings. The van der Waals surface area contributed by atoms with Crippen LogP contribution in [0.3, 0.4) is 0 Å². The van der Waals surface area contributed by atoms with Gasteiger partial charge in [0.1, 0.15) is 0 Å². The normalized spacial score (nSPS) is 14.4. The molecule has 82 heavy (non-hydrogen) atoms. The average molecular weight is 1050 g/mol. The Morgan fingerprint density at radius 3 is 1.06 bits per heavy atom. The number of fused-ring (bicyclic) bond motifs is 6. The van der Waals surface area contributed by atoms with Gasteiger partial charge in [0, 0.05) is 79.6 Å². The summed E-state index contributed by atoms with van der Waals surface area (Å²) in [5.41, 5.74) is 21.3. The zero-order valence-electron chi connectivity index (χ0n) is 45.4. The van der Waals surface area contributed by atoms with Crippen molar-refractivity contribution in [1.82, 2.24) is 14.5 Å². The van der Waals surface area contributed by atoms with Gasteiger partial charge in [-0.3, -0.25) is 0 Å². The van der Waals surface area contributed by atoms with E-state index in [1.165, 1.54) is 77.0 Å². The van der Waals surface area contributed by atoms with Crippen LogP contribution in [0.2, 0.25) is 0 Å². The Kier molecular flexibility index (Phi) is 12.6. The van der Waals surface area contributed by atoms with E-state index >= 15 is 0 Å². The summed E-state index contributed by atoms with van der Waals surface area (Å²) in [5.74, 6) is 0.376. The van der Waals surface area contributed by atoms with E-state index in [9.17, 15) is 0 Å². The summed E-state index contributed by atoms with van der Waals surface area (Å²) in [6.07, 6.45) is 2.20. The molecule has 15 rings (SSSR count). The number of aromatic nitrogens is 2. The van der Waals surface area contributed by atoms with Crippen LogP contribution in [0.5, 0.6) is 0 Å². The smallest absolute Gasteiger partial charge is 0.0542 e. The summed E-state index contributed by atoms with van der Waals surface area (Å²) in [5, 5.41) is 8.84. The maximum atomic E-state index is 3.95. The molecule has 12 aromatic carbocycles.